The number of rotatable bonds is 10. The number of hydrogen-bond acceptors (Lipinski definition) is 1. The van der Waals surface area contributed by atoms with Gasteiger partial charge in [0, 0.05) is 0 Å². The van der Waals surface area contributed by atoms with Gasteiger partial charge in [0.15, 0.2) is 0 Å². The molecule has 0 atom stereocenters. The zero-order chi connectivity index (χ0) is 12.6. The van der Waals surface area contributed by atoms with E-state index >= 15 is 0 Å². The van der Waals surface area contributed by atoms with Crippen LogP contribution in [0.15, 0.2) is 0 Å². The first-order valence-corrected chi connectivity index (χ1v) is 7.48. The Bertz CT molecular complexity index is 99.6. The van der Waals surface area contributed by atoms with Crippen LogP contribution in [0.5, 0.6) is 0 Å². The Morgan fingerprint density at radius 1 is 0.812 bits per heavy atom. The highest BCUT2D eigenvalue weighted by Gasteiger charge is 1.94. The van der Waals surface area contributed by atoms with Gasteiger partial charge in [0.05, 0.1) is 0 Å². The van der Waals surface area contributed by atoms with E-state index in [0.29, 0.717) is 0 Å². The molecule has 100 valence electrons. The predicted molar refractivity (Wildman–Crippen MR) is 77.0 cm³/mol. The maximum Gasteiger partial charge on any atom is -0.00489 e. The van der Waals surface area contributed by atoms with Gasteiger partial charge in [-0.25, -0.2) is 0 Å². The first kappa shape index (κ1) is 18.3. The monoisotopic (exact) mass is 229 g/mol. The Morgan fingerprint density at radius 2 is 1.38 bits per heavy atom. The van der Waals surface area contributed by atoms with E-state index in [1.54, 1.807) is 0 Å². The van der Waals surface area contributed by atoms with Crippen LogP contribution in [0.25, 0.3) is 0 Å². The molecule has 0 bridgehead atoms. The molecular formula is C15H35N. The molecule has 0 aromatic heterocycles. The third-order valence-electron chi connectivity index (χ3n) is 2.56. The summed E-state index contributed by atoms with van der Waals surface area (Å²) in [6, 6.07) is 0. The van der Waals surface area contributed by atoms with Gasteiger partial charge >= 0.3 is 0 Å². The second-order valence-corrected chi connectivity index (χ2v) is 4.70. The van der Waals surface area contributed by atoms with E-state index in [9.17, 15) is 0 Å². The molecule has 16 heavy (non-hydrogen) atoms. The van der Waals surface area contributed by atoms with Gasteiger partial charge in [-0.3, -0.25) is 0 Å². The Kier molecular flexibility index (Phi) is 19.9. The van der Waals surface area contributed by atoms with Crippen LogP contribution in [0.4, 0.5) is 0 Å². The van der Waals surface area contributed by atoms with Crippen LogP contribution in [0, 0.1) is 5.92 Å². The van der Waals surface area contributed by atoms with E-state index in [0.717, 1.165) is 5.92 Å². The molecule has 0 heterocycles. The lowest BCUT2D eigenvalue weighted by Gasteiger charge is -2.05. The van der Waals surface area contributed by atoms with Crippen molar-refractivity contribution in [1.29, 1.82) is 0 Å². The molecule has 0 amide bonds. The summed E-state index contributed by atoms with van der Waals surface area (Å²) in [5.74, 6) is 0.890. The molecule has 0 fully saturated rings. The quantitative estimate of drug-likeness (QED) is 0.519. The van der Waals surface area contributed by atoms with Crippen molar-refractivity contribution in [3.8, 4) is 0 Å². The smallest absolute Gasteiger partial charge is 0.00489 e. The lowest BCUT2D eigenvalue weighted by molar-refractivity contribution is 0.509. The topological polar surface area (TPSA) is 12.0 Å². The Morgan fingerprint density at radius 3 is 1.94 bits per heavy atom. The summed E-state index contributed by atoms with van der Waals surface area (Å²) in [6.45, 7) is 13.3. The number of hydrogen-bond donors (Lipinski definition) is 1. The Hall–Kier alpha value is -0.0400. The van der Waals surface area contributed by atoms with Crippen LogP contribution in [0.3, 0.4) is 0 Å². The third-order valence-corrected chi connectivity index (χ3v) is 2.56. The van der Waals surface area contributed by atoms with E-state index in [-0.39, 0.29) is 0 Å². The molecule has 0 aliphatic rings. The molecule has 0 saturated carbocycles. The minimum Gasteiger partial charge on any atom is -0.317 e. The highest BCUT2D eigenvalue weighted by Crippen LogP contribution is 2.09. The lowest BCUT2D eigenvalue weighted by atomic mass is 10.0. The highest BCUT2D eigenvalue weighted by molar-refractivity contribution is 4.50. The molecule has 0 spiro atoms. The molecule has 0 radical (unpaired) electrons. The first-order chi connectivity index (χ1) is 7.77. The van der Waals surface area contributed by atoms with Crippen molar-refractivity contribution in [2.45, 2.75) is 79.6 Å². The average Bonchev–Trinajstić information content (AvgIpc) is 2.29. The minimum absolute atomic E-state index is 0.890. The molecule has 0 rings (SSSR count). The first-order valence-electron chi connectivity index (χ1n) is 7.48. The fourth-order valence-corrected chi connectivity index (χ4v) is 1.63. The van der Waals surface area contributed by atoms with Crippen molar-refractivity contribution in [1.82, 2.24) is 5.32 Å². The summed E-state index contributed by atoms with van der Waals surface area (Å²) in [6.07, 6.45) is 9.74. The molecule has 0 aromatic carbocycles. The van der Waals surface area contributed by atoms with E-state index in [2.05, 4.69) is 26.1 Å². The van der Waals surface area contributed by atoms with E-state index in [1.165, 1.54) is 58.0 Å². The van der Waals surface area contributed by atoms with Gasteiger partial charge in [-0.1, -0.05) is 66.7 Å². The van der Waals surface area contributed by atoms with Crippen molar-refractivity contribution in [2.75, 3.05) is 13.1 Å². The van der Waals surface area contributed by atoms with Crippen LogP contribution in [-0.2, 0) is 0 Å². The van der Waals surface area contributed by atoms with Gasteiger partial charge in [-0.2, -0.15) is 0 Å². The van der Waals surface area contributed by atoms with E-state index < -0.39 is 0 Å². The summed E-state index contributed by atoms with van der Waals surface area (Å²) in [7, 11) is 0. The van der Waals surface area contributed by atoms with Crippen molar-refractivity contribution in [3.63, 3.8) is 0 Å². The fourth-order valence-electron chi connectivity index (χ4n) is 1.63. The second kappa shape index (κ2) is 17.4. The minimum atomic E-state index is 0.890. The van der Waals surface area contributed by atoms with Crippen molar-refractivity contribution in [3.05, 3.63) is 0 Å². The van der Waals surface area contributed by atoms with Gasteiger partial charge in [-0.15, -0.1) is 0 Å². The van der Waals surface area contributed by atoms with Crippen molar-refractivity contribution < 1.29 is 0 Å². The molecule has 1 N–H and O–H groups in total. The zero-order valence-electron chi connectivity index (χ0n) is 12.4. The summed E-state index contributed by atoms with van der Waals surface area (Å²) in [5.41, 5.74) is 0. The van der Waals surface area contributed by atoms with Gasteiger partial charge in [0.25, 0.3) is 0 Å². The number of unbranched alkanes of at least 4 members (excludes halogenated alkanes) is 4. The van der Waals surface area contributed by atoms with Crippen molar-refractivity contribution in [2.24, 2.45) is 5.92 Å². The predicted octanol–water partition coefficient (Wildman–Crippen LogP) is 5.01. The standard InChI is InChI=1S/C13H29N.C2H6/c1-4-11-14-12-9-7-5-6-8-10-13(2)3;1-2/h13-14H,4-12H2,1-3H3;1-2H3. The van der Waals surface area contributed by atoms with Gasteiger partial charge in [0.2, 0.25) is 0 Å². The summed E-state index contributed by atoms with van der Waals surface area (Å²) in [4.78, 5) is 0. The van der Waals surface area contributed by atoms with Crippen LogP contribution < -0.4 is 5.32 Å². The molecule has 0 aliphatic carbocycles. The maximum atomic E-state index is 3.44. The zero-order valence-corrected chi connectivity index (χ0v) is 12.4. The largest absolute Gasteiger partial charge is 0.317 e. The fraction of sp³-hybridized carbons (Fsp3) is 1.00. The molecule has 0 unspecified atom stereocenters. The van der Waals surface area contributed by atoms with Gasteiger partial charge < -0.3 is 5.32 Å². The van der Waals surface area contributed by atoms with Gasteiger partial charge in [-0.05, 0) is 31.8 Å². The van der Waals surface area contributed by atoms with E-state index in [1.807, 2.05) is 13.8 Å². The molecule has 1 heteroatoms. The second-order valence-electron chi connectivity index (χ2n) is 4.70. The molecular weight excluding hydrogens is 194 g/mol. The van der Waals surface area contributed by atoms with Gasteiger partial charge in [0.1, 0.15) is 0 Å². The van der Waals surface area contributed by atoms with E-state index in [4.69, 9.17) is 0 Å². The highest BCUT2D eigenvalue weighted by atomic mass is 14.8. The van der Waals surface area contributed by atoms with Crippen molar-refractivity contribution >= 4 is 0 Å². The van der Waals surface area contributed by atoms with Crippen LogP contribution in [0.2, 0.25) is 0 Å². The maximum absolute atomic E-state index is 3.44. The molecule has 0 aromatic rings. The molecule has 0 aliphatic heterocycles. The number of nitrogens with one attached hydrogen (secondary N) is 1. The van der Waals surface area contributed by atoms with Crippen LogP contribution in [-0.4, -0.2) is 13.1 Å². The van der Waals surface area contributed by atoms with Crippen LogP contribution in [0.1, 0.15) is 79.6 Å². The van der Waals surface area contributed by atoms with Crippen LogP contribution >= 0.6 is 0 Å². The summed E-state index contributed by atoms with van der Waals surface area (Å²) in [5, 5.41) is 3.44. The lowest BCUT2D eigenvalue weighted by Crippen LogP contribution is -2.15. The molecule has 1 nitrogen and oxygen atoms in total. The third kappa shape index (κ3) is 19.5. The SMILES string of the molecule is CC.CCCNCCCCCCCC(C)C. The Balaban J connectivity index is 0. The summed E-state index contributed by atoms with van der Waals surface area (Å²) >= 11 is 0. The molecule has 0 saturated heterocycles. The normalized spacial score (nSPS) is 10.1. The Labute approximate surface area is 104 Å². The summed E-state index contributed by atoms with van der Waals surface area (Å²) < 4.78 is 0. The average molecular weight is 229 g/mol.